The molecule has 0 aromatic heterocycles. The van der Waals surface area contributed by atoms with Gasteiger partial charge in [0.05, 0.1) is 11.6 Å². The van der Waals surface area contributed by atoms with Crippen molar-refractivity contribution >= 4 is 7.94 Å². The largest absolute Gasteiger partial charge is 0.479 e. The second kappa shape index (κ2) is 4.21. The maximum atomic E-state index is 9.16. The van der Waals surface area contributed by atoms with Gasteiger partial charge in [0.1, 0.15) is 5.82 Å². The molecule has 0 spiro atoms. The Balaban J connectivity index is 2.80. The summed E-state index contributed by atoms with van der Waals surface area (Å²) < 4.78 is 4.85. The summed E-state index contributed by atoms with van der Waals surface area (Å²) in [5.41, 5.74) is 0.482. The van der Waals surface area contributed by atoms with Crippen LogP contribution in [0, 0.1) is 11.3 Å². The summed E-state index contributed by atoms with van der Waals surface area (Å²) in [6.07, 6.45) is 0. The van der Waals surface area contributed by atoms with E-state index >= 15 is 0 Å². The fraction of sp³-hybridized carbons (Fsp3) is 0. The first-order valence-electron chi connectivity index (χ1n) is 3.75. The van der Waals surface area contributed by atoms with Crippen LogP contribution in [0.15, 0.2) is 36.7 Å². The summed E-state index contributed by atoms with van der Waals surface area (Å²) in [6, 6.07) is 7.97. The zero-order valence-corrected chi connectivity index (χ0v) is 8.19. The number of rotatable bonds is 3. The van der Waals surface area contributed by atoms with E-state index in [1.807, 2.05) is 6.07 Å². The molecule has 2 N–H and O–H groups in total. The van der Waals surface area contributed by atoms with Crippen LogP contribution in [0.5, 0.6) is 5.75 Å². The Kier molecular flexibility index (Phi) is 3.21. The Morgan fingerprint density at radius 3 is 2.36 bits per heavy atom. The summed E-state index contributed by atoms with van der Waals surface area (Å²) >= 11 is 0. The molecule has 0 saturated carbocycles. The van der Waals surface area contributed by atoms with Crippen LogP contribution < -0.4 is 4.52 Å². The number of hydrogen-bond acceptors (Lipinski definition) is 4. The molecule has 0 atom stereocenters. The highest BCUT2D eigenvalue weighted by Gasteiger charge is 2.32. The van der Waals surface area contributed by atoms with E-state index in [-0.39, 0.29) is 0 Å². The van der Waals surface area contributed by atoms with Crippen molar-refractivity contribution in [3.8, 4) is 11.8 Å². The molecule has 0 aliphatic heterocycles. The zero-order valence-electron chi connectivity index (χ0n) is 7.29. The summed E-state index contributed by atoms with van der Waals surface area (Å²) in [5, 5.41) is 8.51. The van der Waals surface area contributed by atoms with E-state index in [2.05, 4.69) is 6.58 Å². The second-order valence-corrected chi connectivity index (χ2v) is 4.23. The molecular weight excluding hydrogens is 201 g/mol. The van der Waals surface area contributed by atoms with Crippen LogP contribution >= 0.6 is 7.94 Å². The smallest absolute Gasteiger partial charge is 0.282 e. The lowest BCUT2D eigenvalue weighted by Crippen LogP contribution is -1.95. The van der Waals surface area contributed by atoms with E-state index in [1.165, 1.54) is 24.3 Å². The third-order valence-electron chi connectivity index (χ3n) is 1.46. The van der Waals surface area contributed by atoms with Crippen molar-refractivity contribution in [2.75, 3.05) is 0 Å². The highest BCUT2D eigenvalue weighted by atomic mass is 31.2. The van der Waals surface area contributed by atoms with Gasteiger partial charge in [-0.3, -0.25) is 4.52 Å². The molecule has 0 radical (unpaired) electrons. The third kappa shape index (κ3) is 2.82. The van der Waals surface area contributed by atoms with Gasteiger partial charge in [0, 0.05) is 0 Å². The van der Waals surface area contributed by atoms with Gasteiger partial charge in [-0.05, 0) is 24.3 Å². The molecule has 1 rings (SSSR count). The number of hydrogen-bond donors (Lipinski definition) is 2. The van der Waals surface area contributed by atoms with Crippen LogP contribution in [0.1, 0.15) is 5.56 Å². The highest BCUT2D eigenvalue weighted by Crippen LogP contribution is 2.51. The molecule has 1 aromatic carbocycles. The zero-order chi connectivity index (χ0) is 10.6. The number of benzene rings is 1. The Morgan fingerprint density at radius 2 is 1.93 bits per heavy atom. The lowest BCUT2D eigenvalue weighted by molar-refractivity contribution is 0.353. The molecule has 0 heterocycles. The minimum absolute atomic E-state index is 0.294. The van der Waals surface area contributed by atoms with Crippen molar-refractivity contribution in [3.63, 3.8) is 0 Å². The molecule has 72 valence electrons. The van der Waals surface area contributed by atoms with Crippen molar-refractivity contribution in [2.45, 2.75) is 0 Å². The average molecular weight is 210 g/mol. The van der Waals surface area contributed by atoms with Gasteiger partial charge in [-0.15, -0.1) is 0 Å². The van der Waals surface area contributed by atoms with Gasteiger partial charge in [0.25, 0.3) is 0 Å². The van der Waals surface area contributed by atoms with E-state index in [1.54, 1.807) is 0 Å². The third-order valence-corrected chi connectivity index (χ3v) is 2.42. The highest BCUT2D eigenvalue weighted by molar-refractivity contribution is 7.63. The van der Waals surface area contributed by atoms with E-state index < -0.39 is 7.94 Å². The van der Waals surface area contributed by atoms with E-state index in [9.17, 15) is 0 Å². The predicted octanol–water partition coefficient (Wildman–Crippen LogP) is 1.83. The molecule has 0 fully saturated rings. The van der Waals surface area contributed by atoms with E-state index in [4.69, 9.17) is 19.6 Å². The standard InChI is InChI=1S/C9H9NO3P/c1-2-14(11,12)13-9-5-3-8(7-10)4-6-9/h2-6,11-12H,1H2/q+1. The molecule has 0 aliphatic rings. The van der Waals surface area contributed by atoms with Crippen molar-refractivity contribution in [3.05, 3.63) is 42.2 Å². The summed E-state index contributed by atoms with van der Waals surface area (Å²) in [6.45, 7) is 3.23. The van der Waals surface area contributed by atoms with Crippen LogP contribution in [0.4, 0.5) is 0 Å². The Bertz CT molecular complexity index is 367. The maximum absolute atomic E-state index is 9.16. The number of nitriles is 1. The molecular formula is C9H9NO3P+. The first-order valence-corrected chi connectivity index (χ1v) is 5.43. The fourth-order valence-electron chi connectivity index (χ4n) is 0.783. The van der Waals surface area contributed by atoms with Gasteiger partial charge in [0.2, 0.25) is 0 Å². The normalized spacial score (nSPS) is 10.4. The van der Waals surface area contributed by atoms with Crippen LogP contribution in [-0.2, 0) is 0 Å². The maximum Gasteiger partial charge on any atom is 0.479 e. The minimum atomic E-state index is -3.49. The predicted molar refractivity (Wildman–Crippen MR) is 53.3 cm³/mol. The van der Waals surface area contributed by atoms with Crippen LogP contribution in [0.2, 0.25) is 0 Å². The fourth-order valence-corrected chi connectivity index (χ4v) is 1.29. The van der Waals surface area contributed by atoms with E-state index in [0.29, 0.717) is 11.3 Å². The molecule has 0 bridgehead atoms. The summed E-state index contributed by atoms with van der Waals surface area (Å²) in [4.78, 5) is 18.3. The topological polar surface area (TPSA) is 73.5 Å². The van der Waals surface area contributed by atoms with Crippen molar-refractivity contribution < 1.29 is 14.3 Å². The van der Waals surface area contributed by atoms with Gasteiger partial charge >= 0.3 is 7.94 Å². The monoisotopic (exact) mass is 210 g/mol. The van der Waals surface area contributed by atoms with Gasteiger partial charge < -0.3 is 0 Å². The van der Waals surface area contributed by atoms with Crippen LogP contribution in [-0.4, -0.2) is 9.79 Å². The van der Waals surface area contributed by atoms with Crippen molar-refractivity contribution in [2.24, 2.45) is 0 Å². The molecule has 1 aromatic rings. The van der Waals surface area contributed by atoms with Gasteiger partial charge in [-0.25, -0.2) is 0 Å². The first kappa shape index (κ1) is 10.7. The minimum Gasteiger partial charge on any atom is -0.282 e. The van der Waals surface area contributed by atoms with Gasteiger partial charge in [-0.2, -0.15) is 15.0 Å². The molecule has 0 saturated heterocycles. The Morgan fingerprint density at radius 1 is 1.36 bits per heavy atom. The average Bonchev–Trinajstić information content (AvgIpc) is 2.19. The second-order valence-electron chi connectivity index (χ2n) is 2.50. The quantitative estimate of drug-likeness (QED) is 0.746. The van der Waals surface area contributed by atoms with Crippen LogP contribution in [0.25, 0.3) is 0 Å². The van der Waals surface area contributed by atoms with Crippen molar-refractivity contribution in [1.29, 1.82) is 5.26 Å². The van der Waals surface area contributed by atoms with E-state index in [0.717, 1.165) is 5.82 Å². The Labute approximate surface area is 82.3 Å². The molecule has 0 amide bonds. The molecule has 0 aliphatic carbocycles. The van der Waals surface area contributed by atoms with Crippen molar-refractivity contribution in [1.82, 2.24) is 0 Å². The lowest BCUT2D eigenvalue weighted by Gasteiger charge is -2.06. The molecule has 14 heavy (non-hydrogen) atoms. The first-order chi connectivity index (χ1) is 6.57. The van der Waals surface area contributed by atoms with Crippen LogP contribution in [0.3, 0.4) is 0 Å². The number of nitrogens with zero attached hydrogens (tertiary/aromatic N) is 1. The lowest BCUT2D eigenvalue weighted by atomic mass is 10.2. The van der Waals surface area contributed by atoms with Gasteiger partial charge in [-0.1, -0.05) is 6.58 Å². The summed E-state index contributed by atoms with van der Waals surface area (Å²) in [7, 11) is -3.49. The summed E-state index contributed by atoms with van der Waals surface area (Å²) in [5.74, 6) is 1.26. The molecule has 5 heteroatoms. The SMILES string of the molecule is C=C[P+](O)(O)Oc1ccc(C#N)cc1. The van der Waals surface area contributed by atoms with Gasteiger partial charge in [0.15, 0.2) is 5.75 Å². The Hall–Kier alpha value is -1.40. The molecule has 0 unspecified atom stereocenters. The molecule has 4 nitrogen and oxygen atoms in total.